The third-order valence-electron chi connectivity index (χ3n) is 3.68. The second kappa shape index (κ2) is 8.72. The zero-order chi connectivity index (χ0) is 17.4. The molecule has 2 aromatic rings. The maximum atomic E-state index is 12.0. The van der Waals surface area contributed by atoms with E-state index in [2.05, 4.69) is 10.6 Å². The lowest BCUT2D eigenvalue weighted by atomic mass is 10.1. The van der Waals surface area contributed by atoms with Crippen LogP contribution in [0.1, 0.15) is 35.3 Å². The van der Waals surface area contributed by atoms with E-state index in [1.54, 1.807) is 18.2 Å². The number of anilines is 1. The Balaban J connectivity index is 1.84. The molecule has 5 heteroatoms. The molecule has 0 aliphatic carbocycles. The van der Waals surface area contributed by atoms with Crippen LogP contribution in [0.5, 0.6) is 0 Å². The summed E-state index contributed by atoms with van der Waals surface area (Å²) in [5.74, 6) is -0.449. The fraction of sp³-hybridized carbons (Fsp3) is 0.263. The predicted octanol–water partition coefficient (Wildman–Crippen LogP) is 3.15. The van der Waals surface area contributed by atoms with E-state index < -0.39 is 5.97 Å². The van der Waals surface area contributed by atoms with Crippen LogP contribution in [-0.4, -0.2) is 25.5 Å². The van der Waals surface area contributed by atoms with E-state index in [-0.39, 0.29) is 11.9 Å². The lowest BCUT2D eigenvalue weighted by Crippen LogP contribution is -2.28. The van der Waals surface area contributed by atoms with Crippen LogP contribution in [0.3, 0.4) is 0 Å². The number of benzene rings is 2. The summed E-state index contributed by atoms with van der Waals surface area (Å²) >= 11 is 0. The predicted molar refractivity (Wildman–Crippen MR) is 93.9 cm³/mol. The summed E-state index contributed by atoms with van der Waals surface area (Å²) in [6.07, 6.45) is 0.312. The van der Waals surface area contributed by atoms with Crippen molar-refractivity contribution in [1.82, 2.24) is 5.32 Å². The van der Waals surface area contributed by atoms with Crippen LogP contribution in [0, 0.1) is 0 Å². The molecule has 1 atom stereocenters. The van der Waals surface area contributed by atoms with Gasteiger partial charge >= 0.3 is 5.97 Å². The highest BCUT2D eigenvalue weighted by Gasteiger charge is 2.12. The molecule has 0 saturated heterocycles. The summed E-state index contributed by atoms with van der Waals surface area (Å²) in [6, 6.07) is 16.8. The number of hydrogen-bond donors (Lipinski definition) is 2. The molecular weight excluding hydrogens is 304 g/mol. The van der Waals surface area contributed by atoms with E-state index >= 15 is 0 Å². The highest BCUT2D eigenvalue weighted by atomic mass is 16.5. The number of amides is 1. The van der Waals surface area contributed by atoms with E-state index in [9.17, 15) is 9.59 Å². The Morgan fingerprint density at radius 3 is 2.42 bits per heavy atom. The Morgan fingerprint density at radius 1 is 1.04 bits per heavy atom. The minimum absolute atomic E-state index is 0.0407. The van der Waals surface area contributed by atoms with Crippen molar-refractivity contribution >= 4 is 17.6 Å². The summed E-state index contributed by atoms with van der Waals surface area (Å²) < 4.78 is 4.75. The van der Waals surface area contributed by atoms with Gasteiger partial charge in [-0.25, -0.2) is 4.79 Å². The molecule has 0 spiro atoms. The summed E-state index contributed by atoms with van der Waals surface area (Å²) in [7, 11) is 1.34. The summed E-state index contributed by atoms with van der Waals surface area (Å²) in [4.78, 5) is 23.7. The molecule has 0 fully saturated rings. The molecule has 0 aromatic heterocycles. The van der Waals surface area contributed by atoms with E-state index in [0.717, 1.165) is 5.56 Å². The smallest absolute Gasteiger partial charge is 0.339 e. The first-order chi connectivity index (χ1) is 11.6. The van der Waals surface area contributed by atoms with Crippen LogP contribution in [0.4, 0.5) is 5.69 Å². The first-order valence-corrected chi connectivity index (χ1v) is 7.87. The van der Waals surface area contributed by atoms with Crippen LogP contribution in [0.25, 0.3) is 0 Å². The molecule has 2 N–H and O–H groups in total. The van der Waals surface area contributed by atoms with Crippen molar-refractivity contribution in [2.45, 2.75) is 19.4 Å². The molecule has 2 aromatic carbocycles. The van der Waals surface area contributed by atoms with Crippen molar-refractivity contribution in [2.24, 2.45) is 0 Å². The molecular formula is C19H22N2O3. The maximum absolute atomic E-state index is 12.0. The minimum Gasteiger partial charge on any atom is -0.465 e. The molecule has 2 rings (SSSR count). The Morgan fingerprint density at radius 2 is 1.71 bits per heavy atom. The van der Waals surface area contributed by atoms with Crippen LogP contribution < -0.4 is 10.6 Å². The van der Waals surface area contributed by atoms with Crippen molar-refractivity contribution in [2.75, 3.05) is 19.0 Å². The third kappa shape index (κ3) is 4.84. The standard InChI is InChI=1S/C19H22N2O3/c1-14(15-8-4-3-5-9-15)21-18(22)12-13-20-17-11-7-6-10-16(17)19(23)24-2/h3-11,14,20H,12-13H2,1-2H3,(H,21,22). The number of nitrogens with one attached hydrogen (secondary N) is 2. The molecule has 0 radical (unpaired) electrons. The van der Waals surface area contributed by atoms with Crippen molar-refractivity contribution in [3.8, 4) is 0 Å². The number of carbonyl (C=O) groups is 2. The highest BCUT2D eigenvalue weighted by molar-refractivity contribution is 5.95. The second-order valence-electron chi connectivity index (χ2n) is 5.41. The van der Waals surface area contributed by atoms with Crippen LogP contribution in [-0.2, 0) is 9.53 Å². The second-order valence-corrected chi connectivity index (χ2v) is 5.41. The SMILES string of the molecule is COC(=O)c1ccccc1NCCC(=O)NC(C)c1ccccc1. The van der Waals surface area contributed by atoms with E-state index in [1.165, 1.54) is 7.11 Å². The van der Waals surface area contributed by atoms with E-state index in [4.69, 9.17) is 4.74 Å². The van der Waals surface area contributed by atoms with Crippen molar-refractivity contribution in [3.05, 3.63) is 65.7 Å². The van der Waals surface area contributed by atoms with Gasteiger partial charge in [-0.2, -0.15) is 0 Å². The molecule has 0 saturated carbocycles. The van der Waals surface area contributed by atoms with Crippen molar-refractivity contribution in [1.29, 1.82) is 0 Å². The first-order valence-electron chi connectivity index (χ1n) is 7.87. The molecule has 1 unspecified atom stereocenters. The van der Waals surface area contributed by atoms with Crippen molar-refractivity contribution < 1.29 is 14.3 Å². The summed E-state index contributed by atoms with van der Waals surface area (Å²) in [6.45, 7) is 2.38. The average Bonchev–Trinajstić information content (AvgIpc) is 2.62. The Hall–Kier alpha value is -2.82. The van der Waals surface area contributed by atoms with Gasteiger partial charge in [-0.1, -0.05) is 42.5 Å². The zero-order valence-electron chi connectivity index (χ0n) is 13.9. The largest absolute Gasteiger partial charge is 0.465 e. The van der Waals surface area contributed by atoms with Gasteiger partial charge in [0, 0.05) is 18.7 Å². The molecule has 0 heterocycles. The quantitative estimate of drug-likeness (QED) is 0.767. The zero-order valence-corrected chi connectivity index (χ0v) is 13.9. The highest BCUT2D eigenvalue weighted by Crippen LogP contribution is 2.16. The van der Waals surface area contributed by atoms with Crippen LogP contribution in [0.2, 0.25) is 0 Å². The van der Waals surface area contributed by atoms with E-state index in [0.29, 0.717) is 24.2 Å². The number of ether oxygens (including phenoxy) is 1. The van der Waals surface area contributed by atoms with Gasteiger partial charge < -0.3 is 15.4 Å². The molecule has 1 amide bonds. The summed E-state index contributed by atoms with van der Waals surface area (Å²) in [5.41, 5.74) is 2.18. The fourth-order valence-electron chi connectivity index (χ4n) is 2.37. The van der Waals surface area contributed by atoms with Gasteiger partial charge in [0.25, 0.3) is 0 Å². The number of methoxy groups -OCH3 is 1. The normalized spacial score (nSPS) is 11.4. The van der Waals surface area contributed by atoms with Gasteiger partial charge in [0.15, 0.2) is 0 Å². The van der Waals surface area contributed by atoms with Gasteiger partial charge in [-0.15, -0.1) is 0 Å². The monoisotopic (exact) mass is 326 g/mol. The third-order valence-corrected chi connectivity index (χ3v) is 3.68. The lowest BCUT2D eigenvalue weighted by molar-refractivity contribution is -0.121. The maximum Gasteiger partial charge on any atom is 0.339 e. The van der Waals surface area contributed by atoms with Crippen molar-refractivity contribution in [3.63, 3.8) is 0 Å². The van der Waals surface area contributed by atoms with Crippen LogP contribution in [0.15, 0.2) is 54.6 Å². The molecule has 0 aliphatic heterocycles. The Labute approximate surface area is 142 Å². The minimum atomic E-state index is -0.403. The number of carbonyl (C=O) groups excluding carboxylic acids is 2. The lowest BCUT2D eigenvalue weighted by Gasteiger charge is -2.15. The number of rotatable bonds is 7. The van der Waals surface area contributed by atoms with Gasteiger partial charge in [0.2, 0.25) is 5.91 Å². The topological polar surface area (TPSA) is 67.4 Å². The average molecular weight is 326 g/mol. The molecule has 5 nitrogen and oxygen atoms in total. The van der Waals surface area contributed by atoms with E-state index in [1.807, 2.05) is 43.3 Å². The Bertz CT molecular complexity index is 686. The number of hydrogen-bond acceptors (Lipinski definition) is 4. The molecule has 0 aliphatic rings. The molecule has 24 heavy (non-hydrogen) atoms. The van der Waals surface area contributed by atoms with Gasteiger partial charge in [0.1, 0.15) is 0 Å². The number of para-hydroxylation sites is 1. The van der Waals surface area contributed by atoms with Gasteiger partial charge in [-0.3, -0.25) is 4.79 Å². The first kappa shape index (κ1) is 17.5. The Kier molecular flexibility index (Phi) is 6.37. The number of esters is 1. The molecule has 126 valence electrons. The fourth-order valence-corrected chi connectivity index (χ4v) is 2.37. The summed E-state index contributed by atoms with van der Waals surface area (Å²) in [5, 5.41) is 6.07. The van der Waals surface area contributed by atoms with Gasteiger partial charge in [-0.05, 0) is 24.6 Å². The molecule has 0 bridgehead atoms. The van der Waals surface area contributed by atoms with Crippen LogP contribution >= 0.6 is 0 Å². The van der Waals surface area contributed by atoms with Gasteiger partial charge in [0.05, 0.1) is 18.7 Å².